The number of nitrogens with zero attached hydrogens (tertiary/aromatic N) is 1. The average Bonchev–Trinajstić information content (AvgIpc) is 3.12. The second-order valence-corrected chi connectivity index (χ2v) is 6.86. The number of rotatable bonds is 7. The Morgan fingerprint density at radius 1 is 1.36 bits per heavy atom. The van der Waals surface area contributed by atoms with Crippen molar-refractivity contribution >= 4 is 34.6 Å². The molecule has 0 unspecified atom stereocenters. The van der Waals surface area contributed by atoms with Gasteiger partial charge in [0.25, 0.3) is 5.91 Å². The Morgan fingerprint density at radius 2 is 2.14 bits per heavy atom. The number of hydrogen-bond donors (Lipinski definition) is 2. The molecule has 5 nitrogen and oxygen atoms in total. The molecule has 0 aromatic carbocycles. The lowest BCUT2D eigenvalue weighted by atomic mass is 10.1. The summed E-state index contributed by atoms with van der Waals surface area (Å²) in [5.74, 6) is -1.18. The highest BCUT2D eigenvalue weighted by Gasteiger charge is 2.14. The lowest BCUT2D eigenvalue weighted by Crippen LogP contribution is -2.21. The zero-order valence-corrected chi connectivity index (χ0v) is 14.1. The van der Waals surface area contributed by atoms with Crippen molar-refractivity contribution in [2.24, 2.45) is 0 Å². The van der Waals surface area contributed by atoms with Gasteiger partial charge < -0.3 is 10.4 Å². The molecule has 7 heteroatoms. The van der Waals surface area contributed by atoms with Crippen LogP contribution in [-0.4, -0.2) is 22.0 Å². The van der Waals surface area contributed by atoms with Crippen LogP contribution < -0.4 is 5.32 Å². The molecular weight excluding hydrogens is 320 g/mol. The molecule has 0 fully saturated rings. The van der Waals surface area contributed by atoms with E-state index in [4.69, 9.17) is 5.11 Å². The Labute approximate surface area is 137 Å². The van der Waals surface area contributed by atoms with Crippen molar-refractivity contribution in [3.8, 4) is 0 Å². The summed E-state index contributed by atoms with van der Waals surface area (Å²) in [5, 5.41) is 13.7. The average molecular weight is 338 g/mol. The van der Waals surface area contributed by atoms with Crippen molar-refractivity contribution in [3.05, 3.63) is 37.5 Å². The second-order valence-electron chi connectivity index (χ2n) is 4.78. The topological polar surface area (TPSA) is 79.3 Å². The fraction of sp³-hybridized carbons (Fsp3) is 0.400. The van der Waals surface area contributed by atoms with Crippen LogP contribution in [0.2, 0.25) is 0 Å². The van der Waals surface area contributed by atoms with E-state index in [0.717, 1.165) is 19.3 Å². The van der Waals surface area contributed by atoms with Gasteiger partial charge in [-0.25, -0.2) is 9.78 Å². The van der Waals surface area contributed by atoms with Crippen LogP contribution in [0.3, 0.4) is 0 Å². The van der Waals surface area contributed by atoms with Crippen molar-refractivity contribution in [2.45, 2.75) is 39.7 Å². The summed E-state index contributed by atoms with van der Waals surface area (Å²) in [4.78, 5) is 28.9. The van der Waals surface area contributed by atoms with Gasteiger partial charge in [-0.2, -0.15) is 0 Å². The minimum Gasteiger partial charge on any atom is -0.476 e. The molecule has 1 amide bonds. The van der Waals surface area contributed by atoms with E-state index in [1.807, 2.05) is 6.07 Å². The number of carboxylic acid groups (broad SMARTS) is 1. The second kappa shape index (κ2) is 7.51. The number of carbonyl (C=O) groups is 2. The maximum atomic E-state index is 12.2. The van der Waals surface area contributed by atoms with Gasteiger partial charge in [-0.3, -0.25) is 4.79 Å². The lowest BCUT2D eigenvalue weighted by molar-refractivity contribution is 0.0691. The van der Waals surface area contributed by atoms with E-state index in [1.165, 1.54) is 38.5 Å². The van der Waals surface area contributed by atoms with Gasteiger partial charge in [0.05, 0.1) is 11.4 Å². The number of carboxylic acids is 1. The summed E-state index contributed by atoms with van der Waals surface area (Å²) in [5.41, 5.74) is 1.25. The Balaban J connectivity index is 2.00. The number of nitrogens with one attached hydrogen (secondary N) is 1. The van der Waals surface area contributed by atoms with Crippen LogP contribution in [0.4, 0.5) is 0 Å². The van der Waals surface area contributed by atoms with Gasteiger partial charge >= 0.3 is 5.97 Å². The molecule has 118 valence electrons. The van der Waals surface area contributed by atoms with Gasteiger partial charge in [-0.1, -0.05) is 20.3 Å². The molecule has 2 N–H and O–H groups in total. The molecule has 2 rings (SSSR count). The number of amides is 1. The lowest BCUT2D eigenvalue weighted by Gasteiger charge is -2.00. The standard InChI is InChI=1S/C15H18N2O3S2/c1-3-5-11-9(4-2)6-12(22-11)14(18)16-7-13-17-10(8-21-13)15(19)20/h6,8H,3-5,7H2,1-2H3,(H,16,18)(H,19,20). The third kappa shape index (κ3) is 3.92. The highest BCUT2D eigenvalue weighted by atomic mass is 32.1. The predicted molar refractivity (Wildman–Crippen MR) is 87.9 cm³/mol. The first-order chi connectivity index (χ1) is 10.5. The normalized spacial score (nSPS) is 10.6. The molecule has 0 aliphatic heterocycles. The van der Waals surface area contributed by atoms with Crippen molar-refractivity contribution in [1.82, 2.24) is 10.3 Å². The van der Waals surface area contributed by atoms with Crippen molar-refractivity contribution in [1.29, 1.82) is 0 Å². The quantitative estimate of drug-likeness (QED) is 0.811. The Morgan fingerprint density at radius 3 is 2.73 bits per heavy atom. The molecule has 0 spiro atoms. The van der Waals surface area contributed by atoms with E-state index in [-0.39, 0.29) is 18.1 Å². The Bertz CT molecular complexity index is 676. The minimum atomic E-state index is -1.05. The first kappa shape index (κ1) is 16.6. The van der Waals surface area contributed by atoms with Crippen LogP contribution in [0.15, 0.2) is 11.4 Å². The van der Waals surface area contributed by atoms with Crippen molar-refractivity contribution < 1.29 is 14.7 Å². The number of aryl methyl sites for hydroxylation is 2. The van der Waals surface area contributed by atoms with Gasteiger partial charge in [0.1, 0.15) is 5.01 Å². The van der Waals surface area contributed by atoms with Crippen LogP contribution in [0.5, 0.6) is 0 Å². The van der Waals surface area contributed by atoms with Crippen LogP contribution in [-0.2, 0) is 19.4 Å². The zero-order chi connectivity index (χ0) is 16.1. The van der Waals surface area contributed by atoms with Gasteiger partial charge in [-0.05, 0) is 24.5 Å². The van der Waals surface area contributed by atoms with E-state index in [9.17, 15) is 9.59 Å². The molecule has 2 aromatic heterocycles. The van der Waals surface area contributed by atoms with Crippen molar-refractivity contribution in [2.75, 3.05) is 0 Å². The number of thiophene rings is 1. The highest BCUT2D eigenvalue weighted by Crippen LogP contribution is 2.24. The molecule has 0 saturated carbocycles. The van der Waals surface area contributed by atoms with Gasteiger partial charge in [-0.15, -0.1) is 22.7 Å². The summed E-state index contributed by atoms with van der Waals surface area (Å²) >= 11 is 2.77. The summed E-state index contributed by atoms with van der Waals surface area (Å²) < 4.78 is 0. The maximum absolute atomic E-state index is 12.2. The first-order valence-corrected chi connectivity index (χ1v) is 8.82. The van der Waals surface area contributed by atoms with E-state index < -0.39 is 5.97 Å². The number of thiazole rings is 1. The fourth-order valence-electron chi connectivity index (χ4n) is 2.05. The van der Waals surface area contributed by atoms with E-state index >= 15 is 0 Å². The smallest absolute Gasteiger partial charge is 0.355 e. The molecule has 2 heterocycles. The van der Waals surface area contributed by atoms with E-state index in [2.05, 4.69) is 24.1 Å². The minimum absolute atomic E-state index is 0.0175. The van der Waals surface area contributed by atoms with Gasteiger partial charge in [0, 0.05) is 10.3 Å². The molecule has 0 atom stereocenters. The van der Waals surface area contributed by atoms with Gasteiger partial charge in [0.2, 0.25) is 0 Å². The summed E-state index contributed by atoms with van der Waals surface area (Å²) in [6, 6.07) is 1.95. The number of hydrogen-bond acceptors (Lipinski definition) is 5. The van der Waals surface area contributed by atoms with Crippen LogP contribution in [0.25, 0.3) is 0 Å². The number of aromatic carboxylic acids is 1. The molecule has 0 aliphatic carbocycles. The monoisotopic (exact) mass is 338 g/mol. The third-order valence-electron chi connectivity index (χ3n) is 3.15. The predicted octanol–water partition coefficient (Wildman–Crippen LogP) is 3.35. The molecule has 0 radical (unpaired) electrons. The molecule has 0 aliphatic rings. The molecule has 0 bridgehead atoms. The van der Waals surface area contributed by atoms with E-state index in [0.29, 0.717) is 9.88 Å². The van der Waals surface area contributed by atoms with Crippen LogP contribution >= 0.6 is 22.7 Å². The first-order valence-electron chi connectivity index (χ1n) is 7.12. The van der Waals surface area contributed by atoms with Crippen LogP contribution in [0.1, 0.15) is 55.9 Å². The SMILES string of the molecule is CCCc1sc(C(=O)NCc2nc(C(=O)O)cs2)cc1CC. The third-order valence-corrected chi connectivity index (χ3v) is 5.23. The Hall–Kier alpha value is -1.73. The maximum Gasteiger partial charge on any atom is 0.355 e. The van der Waals surface area contributed by atoms with Gasteiger partial charge in [0.15, 0.2) is 5.69 Å². The summed E-state index contributed by atoms with van der Waals surface area (Å²) in [7, 11) is 0. The summed E-state index contributed by atoms with van der Waals surface area (Å²) in [6.45, 7) is 4.46. The highest BCUT2D eigenvalue weighted by molar-refractivity contribution is 7.14. The van der Waals surface area contributed by atoms with Crippen LogP contribution in [0, 0.1) is 0 Å². The zero-order valence-electron chi connectivity index (χ0n) is 12.5. The largest absolute Gasteiger partial charge is 0.476 e. The fourth-order valence-corrected chi connectivity index (χ4v) is 4.03. The molecule has 0 saturated heterocycles. The molecule has 22 heavy (non-hydrogen) atoms. The number of carbonyl (C=O) groups excluding carboxylic acids is 1. The molecular formula is C15H18N2O3S2. The summed E-state index contributed by atoms with van der Waals surface area (Å²) in [6.07, 6.45) is 2.98. The Kier molecular flexibility index (Phi) is 5.68. The van der Waals surface area contributed by atoms with E-state index in [1.54, 1.807) is 0 Å². The number of aromatic nitrogens is 1. The van der Waals surface area contributed by atoms with Crippen molar-refractivity contribution in [3.63, 3.8) is 0 Å². The molecule has 2 aromatic rings.